The molecule has 1 N–H and O–H groups in total. The standard InChI is InChI=1S/C22H19ClN2O4/c23-19-11-13-20(14-12-19)25(22(27)29-16-18-9-5-2-6-10-18)24-21(26)28-15-17-7-3-1-4-8-17/h1-14H,15-16H2,(H,24,26). The number of amides is 2. The summed E-state index contributed by atoms with van der Waals surface area (Å²) >= 11 is 5.91. The Morgan fingerprint density at radius 1 is 0.759 bits per heavy atom. The van der Waals surface area contributed by atoms with Gasteiger partial charge in [0.1, 0.15) is 13.2 Å². The molecule has 0 aliphatic heterocycles. The van der Waals surface area contributed by atoms with E-state index < -0.39 is 12.2 Å². The maximum absolute atomic E-state index is 12.6. The van der Waals surface area contributed by atoms with Gasteiger partial charge in [0.2, 0.25) is 0 Å². The molecule has 3 aromatic rings. The molecule has 0 saturated heterocycles. The van der Waals surface area contributed by atoms with Crippen LogP contribution in [-0.2, 0) is 22.7 Å². The van der Waals surface area contributed by atoms with Crippen molar-refractivity contribution < 1.29 is 19.1 Å². The van der Waals surface area contributed by atoms with Crippen LogP contribution in [0.15, 0.2) is 84.9 Å². The van der Waals surface area contributed by atoms with Crippen LogP contribution in [0.1, 0.15) is 11.1 Å². The van der Waals surface area contributed by atoms with E-state index in [1.807, 2.05) is 60.7 Å². The topological polar surface area (TPSA) is 67.9 Å². The predicted octanol–water partition coefficient (Wildman–Crippen LogP) is 5.32. The molecule has 0 spiro atoms. The minimum atomic E-state index is -0.791. The van der Waals surface area contributed by atoms with Gasteiger partial charge in [-0.1, -0.05) is 72.3 Å². The van der Waals surface area contributed by atoms with Crippen LogP contribution in [0.4, 0.5) is 15.3 Å². The average molecular weight is 411 g/mol. The monoisotopic (exact) mass is 410 g/mol. The Balaban J connectivity index is 1.66. The molecule has 0 aromatic heterocycles. The lowest BCUT2D eigenvalue weighted by Gasteiger charge is -2.22. The first-order valence-electron chi connectivity index (χ1n) is 8.85. The van der Waals surface area contributed by atoms with Gasteiger partial charge in [-0.2, -0.15) is 5.01 Å². The second-order valence-corrected chi connectivity index (χ2v) is 6.46. The molecule has 0 heterocycles. The van der Waals surface area contributed by atoms with Gasteiger partial charge in [-0.25, -0.2) is 15.0 Å². The molecule has 0 unspecified atom stereocenters. The smallest absolute Gasteiger partial charge is 0.433 e. The fourth-order valence-electron chi connectivity index (χ4n) is 2.44. The van der Waals surface area contributed by atoms with Crippen molar-refractivity contribution in [3.05, 3.63) is 101 Å². The molecule has 0 fully saturated rings. The molecule has 0 aliphatic rings. The fraction of sp³-hybridized carbons (Fsp3) is 0.0909. The number of halogens is 1. The zero-order chi connectivity index (χ0) is 20.5. The van der Waals surface area contributed by atoms with E-state index in [9.17, 15) is 9.59 Å². The average Bonchev–Trinajstić information content (AvgIpc) is 2.76. The third-order valence-electron chi connectivity index (χ3n) is 3.89. The number of hydrogen-bond acceptors (Lipinski definition) is 4. The maximum atomic E-state index is 12.6. The number of anilines is 1. The summed E-state index contributed by atoms with van der Waals surface area (Å²) in [6.07, 6.45) is -1.55. The Kier molecular flexibility index (Phi) is 7.08. The molecule has 3 aromatic carbocycles. The lowest BCUT2D eigenvalue weighted by Crippen LogP contribution is -2.47. The first-order chi connectivity index (χ1) is 14.1. The van der Waals surface area contributed by atoms with Crippen molar-refractivity contribution in [1.29, 1.82) is 0 Å². The Bertz CT molecular complexity index is 934. The summed E-state index contributed by atoms with van der Waals surface area (Å²) in [7, 11) is 0. The third kappa shape index (κ3) is 6.26. The van der Waals surface area contributed by atoms with Crippen LogP contribution >= 0.6 is 11.6 Å². The number of hydrogen-bond donors (Lipinski definition) is 1. The van der Waals surface area contributed by atoms with E-state index in [2.05, 4.69) is 5.43 Å². The summed E-state index contributed by atoms with van der Waals surface area (Å²) in [5, 5.41) is 1.48. The summed E-state index contributed by atoms with van der Waals surface area (Å²) in [5.74, 6) is 0. The number of nitrogens with one attached hydrogen (secondary N) is 1. The van der Waals surface area contributed by atoms with E-state index in [0.717, 1.165) is 16.1 Å². The molecular weight excluding hydrogens is 392 g/mol. The fourth-order valence-corrected chi connectivity index (χ4v) is 2.56. The summed E-state index contributed by atoms with van der Waals surface area (Å²) in [6.45, 7) is 0.130. The molecule has 0 aliphatic carbocycles. The number of carbonyl (C=O) groups excluding carboxylic acids is 2. The van der Waals surface area contributed by atoms with E-state index in [1.54, 1.807) is 24.3 Å². The van der Waals surface area contributed by atoms with Crippen LogP contribution in [-0.4, -0.2) is 12.2 Å². The highest BCUT2D eigenvalue weighted by molar-refractivity contribution is 6.30. The zero-order valence-electron chi connectivity index (χ0n) is 15.5. The molecule has 0 bridgehead atoms. The zero-order valence-corrected chi connectivity index (χ0v) is 16.2. The molecule has 3 rings (SSSR count). The Morgan fingerprint density at radius 3 is 1.83 bits per heavy atom. The van der Waals surface area contributed by atoms with Crippen molar-refractivity contribution in [3.63, 3.8) is 0 Å². The lowest BCUT2D eigenvalue weighted by molar-refractivity contribution is 0.126. The van der Waals surface area contributed by atoms with Crippen LogP contribution in [0.3, 0.4) is 0 Å². The molecule has 29 heavy (non-hydrogen) atoms. The summed E-state index contributed by atoms with van der Waals surface area (Å²) in [4.78, 5) is 24.8. The number of rotatable bonds is 5. The van der Waals surface area contributed by atoms with E-state index in [-0.39, 0.29) is 13.2 Å². The van der Waals surface area contributed by atoms with E-state index in [0.29, 0.717) is 10.7 Å². The number of ether oxygens (including phenoxy) is 2. The number of benzene rings is 3. The first kappa shape index (κ1) is 20.2. The maximum Gasteiger partial charge on any atom is 0.433 e. The van der Waals surface area contributed by atoms with Gasteiger partial charge in [0.15, 0.2) is 0 Å². The van der Waals surface area contributed by atoms with E-state index >= 15 is 0 Å². The van der Waals surface area contributed by atoms with Gasteiger partial charge >= 0.3 is 12.2 Å². The quantitative estimate of drug-likeness (QED) is 0.577. The highest BCUT2D eigenvalue weighted by atomic mass is 35.5. The normalized spacial score (nSPS) is 10.1. The molecule has 6 nitrogen and oxygen atoms in total. The molecule has 148 valence electrons. The first-order valence-corrected chi connectivity index (χ1v) is 9.23. The van der Waals surface area contributed by atoms with Crippen molar-refractivity contribution in [2.45, 2.75) is 13.2 Å². The van der Waals surface area contributed by atoms with Gasteiger partial charge in [0.25, 0.3) is 0 Å². The molecule has 0 saturated carbocycles. The van der Waals surface area contributed by atoms with Crippen LogP contribution in [0.5, 0.6) is 0 Å². The van der Waals surface area contributed by atoms with Gasteiger partial charge in [0, 0.05) is 5.02 Å². The van der Waals surface area contributed by atoms with Gasteiger partial charge < -0.3 is 9.47 Å². The van der Waals surface area contributed by atoms with Crippen LogP contribution < -0.4 is 10.4 Å². The van der Waals surface area contributed by atoms with Crippen molar-refractivity contribution in [2.75, 3.05) is 5.01 Å². The van der Waals surface area contributed by atoms with Crippen LogP contribution in [0.25, 0.3) is 0 Å². The predicted molar refractivity (Wildman–Crippen MR) is 110 cm³/mol. The summed E-state index contributed by atoms with van der Waals surface area (Å²) in [6, 6.07) is 24.8. The molecule has 7 heteroatoms. The molecular formula is C22H19ClN2O4. The van der Waals surface area contributed by atoms with Crippen molar-refractivity contribution in [1.82, 2.24) is 5.43 Å². The third-order valence-corrected chi connectivity index (χ3v) is 4.14. The Hall–Kier alpha value is -3.51. The Labute approximate surface area is 173 Å². The number of carbonyl (C=O) groups is 2. The second kappa shape index (κ2) is 10.1. The van der Waals surface area contributed by atoms with E-state index in [4.69, 9.17) is 21.1 Å². The van der Waals surface area contributed by atoms with Crippen molar-refractivity contribution >= 4 is 29.5 Å². The summed E-state index contributed by atoms with van der Waals surface area (Å²) in [5.41, 5.74) is 4.44. The van der Waals surface area contributed by atoms with Gasteiger partial charge in [-0.15, -0.1) is 0 Å². The number of hydrazine groups is 1. The van der Waals surface area contributed by atoms with Gasteiger partial charge in [-0.05, 0) is 35.4 Å². The highest BCUT2D eigenvalue weighted by Gasteiger charge is 2.21. The minimum Gasteiger partial charge on any atom is -0.443 e. The highest BCUT2D eigenvalue weighted by Crippen LogP contribution is 2.18. The Morgan fingerprint density at radius 2 is 1.28 bits per heavy atom. The molecule has 0 atom stereocenters. The number of nitrogens with zero attached hydrogens (tertiary/aromatic N) is 1. The van der Waals surface area contributed by atoms with Crippen LogP contribution in [0, 0.1) is 0 Å². The van der Waals surface area contributed by atoms with Crippen LogP contribution in [0.2, 0.25) is 5.02 Å². The lowest BCUT2D eigenvalue weighted by atomic mass is 10.2. The molecule has 2 amide bonds. The van der Waals surface area contributed by atoms with Crippen molar-refractivity contribution in [2.24, 2.45) is 0 Å². The largest absolute Gasteiger partial charge is 0.443 e. The minimum absolute atomic E-state index is 0.0600. The molecule has 0 radical (unpaired) electrons. The summed E-state index contributed by atoms with van der Waals surface area (Å²) < 4.78 is 10.5. The van der Waals surface area contributed by atoms with E-state index in [1.165, 1.54) is 0 Å². The van der Waals surface area contributed by atoms with Gasteiger partial charge in [-0.3, -0.25) is 0 Å². The van der Waals surface area contributed by atoms with Gasteiger partial charge in [0.05, 0.1) is 5.69 Å². The van der Waals surface area contributed by atoms with Crippen molar-refractivity contribution in [3.8, 4) is 0 Å². The second-order valence-electron chi connectivity index (χ2n) is 6.03. The SMILES string of the molecule is O=C(NN(C(=O)OCc1ccccc1)c1ccc(Cl)cc1)OCc1ccccc1.